The first-order valence-corrected chi connectivity index (χ1v) is 7.00. The van der Waals surface area contributed by atoms with Crippen LogP contribution in [0.25, 0.3) is 0 Å². The Kier molecular flexibility index (Phi) is 5.14. The van der Waals surface area contributed by atoms with Crippen molar-refractivity contribution in [3.05, 3.63) is 29.6 Å². The predicted octanol–water partition coefficient (Wildman–Crippen LogP) is 2.88. The molecule has 0 aliphatic carbocycles. The summed E-state index contributed by atoms with van der Waals surface area (Å²) in [6.45, 7) is 3.51. The van der Waals surface area contributed by atoms with Crippen LogP contribution in [0.5, 0.6) is 0 Å². The number of hydrogen-bond acceptors (Lipinski definition) is 3. The van der Waals surface area contributed by atoms with E-state index in [0.717, 1.165) is 13.0 Å². The molecule has 3 nitrogen and oxygen atoms in total. The smallest absolute Gasteiger partial charge is 0.270 e. The van der Waals surface area contributed by atoms with Crippen molar-refractivity contribution in [2.45, 2.75) is 32.1 Å². The molecule has 1 fully saturated rings. The summed E-state index contributed by atoms with van der Waals surface area (Å²) in [6.07, 6.45) is 8.11. The number of carbonyl (C=O) groups is 1. The van der Waals surface area contributed by atoms with Crippen molar-refractivity contribution in [2.24, 2.45) is 0 Å². The largest absolute Gasteiger partial charge is 0.303 e. The number of aromatic nitrogens is 1. The number of likely N-dealkylation sites (tertiary alicyclic amines) is 1. The monoisotopic (exact) mass is 266 g/mol. The summed E-state index contributed by atoms with van der Waals surface area (Å²) in [5.74, 6) is 0. The molecule has 1 aromatic rings. The highest BCUT2D eigenvalue weighted by Crippen LogP contribution is 2.11. The van der Waals surface area contributed by atoms with Crippen molar-refractivity contribution < 1.29 is 4.79 Å². The van der Waals surface area contributed by atoms with Crippen molar-refractivity contribution in [1.29, 1.82) is 0 Å². The predicted molar refractivity (Wildman–Crippen MR) is 73.0 cm³/mol. The minimum Gasteiger partial charge on any atom is -0.303 e. The standard InChI is InChI=1S/C14H19ClN2O/c15-14(18)13-6-5-12(11-16-13)7-10-17-8-3-1-2-4-9-17/h5-6,11H,1-4,7-10H2. The molecule has 0 aromatic carbocycles. The third kappa shape index (κ3) is 4.07. The van der Waals surface area contributed by atoms with Crippen molar-refractivity contribution in [1.82, 2.24) is 9.88 Å². The van der Waals surface area contributed by atoms with E-state index in [1.807, 2.05) is 6.07 Å². The summed E-state index contributed by atoms with van der Waals surface area (Å²) in [5, 5.41) is -0.492. The highest BCUT2D eigenvalue weighted by atomic mass is 35.5. The van der Waals surface area contributed by atoms with Crippen LogP contribution in [0.2, 0.25) is 0 Å². The Bertz CT molecular complexity index is 383. The van der Waals surface area contributed by atoms with E-state index in [4.69, 9.17) is 11.6 Å². The second-order valence-electron chi connectivity index (χ2n) is 4.83. The van der Waals surface area contributed by atoms with Gasteiger partial charge in [0.25, 0.3) is 5.24 Å². The van der Waals surface area contributed by atoms with E-state index in [1.165, 1.54) is 44.3 Å². The molecule has 0 unspecified atom stereocenters. The third-order valence-corrected chi connectivity index (χ3v) is 3.64. The molecule has 0 amide bonds. The van der Waals surface area contributed by atoms with E-state index in [9.17, 15) is 4.79 Å². The van der Waals surface area contributed by atoms with Gasteiger partial charge >= 0.3 is 0 Å². The molecule has 1 saturated heterocycles. The zero-order chi connectivity index (χ0) is 12.8. The van der Waals surface area contributed by atoms with Crippen molar-refractivity contribution >= 4 is 16.8 Å². The molecule has 1 aliphatic rings. The fourth-order valence-corrected chi connectivity index (χ4v) is 2.45. The van der Waals surface area contributed by atoms with Crippen LogP contribution < -0.4 is 0 Å². The number of halogens is 1. The molecule has 18 heavy (non-hydrogen) atoms. The minimum absolute atomic E-state index is 0.329. The van der Waals surface area contributed by atoms with Gasteiger partial charge in [-0.25, -0.2) is 0 Å². The van der Waals surface area contributed by atoms with Crippen LogP contribution in [0.4, 0.5) is 0 Å². The molecule has 1 aliphatic heterocycles. The summed E-state index contributed by atoms with van der Waals surface area (Å²) >= 11 is 5.36. The average molecular weight is 267 g/mol. The topological polar surface area (TPSA) is 33.2 Å². The van der Waals surface area contributed by atoms with Gasteiger partial charge < -0.3 is 4.90 Å². The summed E-state index contributed by atoms with van der Waals surface area (Å²) in [5.41, 5.74) is 1.50. The zero-order valence-corrected chi connectivity index (χ0v) is 11.3. The van der Waals surface area contributed by atoms with Crippen LogP contribution in [0, 0.1) is 0 Å². The molecule has 0 atom stereocenters. The summed E-state index contributed by atoms with van der Waals surface area (Å²) in [4.78, 5) is 17.5. The van der Waals surface area contributed by atoms with Gasteiger partial charge in [0.2, 0.25) is 0 Å². The fourth-order valence-electron chi connectivity index (χ4n) is 2.34. The molecule has 4 heteroatoms. The Hall–Kier alpha value is -0.930. The molecule has 0 bridgehead atoms. The van der Waals surface area contributed by atoms with Crippen LogP contribution in [0.1, 0.15) is 41.7 Å². The maximum absolute atomic E-state index is 10.9. The lowest BCUT2D eigenvalue weighted by Gasteiger charge is -2.19. The fraction of sp³-hybridized carbons (Fsp3) is 0.571. The highest BCUT2D eigenvalue weighted by molar-refractivity contribution is 6.67. The van der Waals surface area contributed by atoms with Gasteiger partial charge in [0, 0.05) is 12.7 Å². The van der Waals surface area contributed by atoms with Crippen molar-refractivity contribution in [2.75, 3.05) is 19.6 Å². The van der Waals surface area contributed by atoms with Gasteiger partial charge in [0.1, 0.15) is 5.69 Å². The highest BCUT2D eigenvalue weighted by Gasteiger charge is 2.09. The zero-order valence-electron chi connectivity index (χ0n) is 10.6. The van der Waals surface area contributed by atoms with Gasteiger partial charge in [-0.05, 0) is 55.6 Å². The van der Waals surface area contributed by atoms with Gasteiger partial charge in [-0.15, -0.1) is 0 Å². The molecule has 0 saturated carbocycles. The normalized spacial score (nSPS) is 17.4. The van der Waals surface area contributed by atoms with E-state index in [1.54, 1.807) is 12.3 Å². The maximum atomic E-state index is 10.9. The van der Waals surface area contributed by atoms with E-state index in [0.29, 0.717) is 5.69 Å². The van der Waals surface area contributed by atoms with Gasteiger partial charge in [-0.1, -0.05) is 18.9 Å². The lowest BCUT2D eigenvalue weighted by molar-refractivity contribution is 0.107. The lowest BCUT2D eigenvalue weighted by Crippen LogP contribution is -2.27. The quantitative estimate of drug-likeness (QED) is 0.786. The van der Waals surface area contributed by atoms with E-state index < -0.39 is 5.24 Å². The summed E-state index contributed by atoms with van der Waals surface area (Å²) in [6, 6.07) is 3.65. The Morgan fingerprint density at radius 1 is 1.22 bits per heavy atom. The first-order valence-electron chi connectivity index (χ1n) is 6.63. The first kappa shape index (κ1) is 13.5. The van der Waals surface area contributed by atoms with E-state index in [-0.39, 0.29) is 0 Å². The number of carbonyl (C=O) groups excluding carboxylic acids is 1. The SMILES string of the molecule is O=C(Cl)c1ccc(CCN2CCCCCC2)cn1. The van der Waals surface area contributed by atoms with Gasteiger partial charge in [-0.3, -0.25) is 9.78 Å². The minimum atomic E-state index is -0.492. The summed E-state index contributed by atoms with van der Waals surface area (Å²) in [7, 11) is 0. The van der Waals surface area contributed by atoms with Crippen LogP contribution >= 0.6 is 11.6 Å². The molecule has 98 valence electrons. The first-order chi connectivity index (χ1) is 8.75. The summed E-state index contributed by atoms with van der Waals surface area (Å²) < 4.78 is 0. The van der Waals surface area contributed by atoms with Crippen LogP contribution in [0.3, 0.4) is 0 Å². The average Bonchev–Trinajstić information content (AvgIpc) is 2.65. The molecule has 0 N–H and O–H groups in total. The Morgan fingerprint density at radius 3 is 2.50 bits per heavy atom. The second kappa shape index (κ2) is 6.86. The Morgan fingerprint density at radius 2 is 1.94 bits per heavy atom. The lowest BCUT2D eigenvalue weighted by atomic mass is 10.2. The Balaban J connectivity index is 1.83. The van der Waals surface area contributed by atoms with Gasteiger partial charge in [-0.2, -0.15) is 0 Å². The molecule has 2 heterocycles. The molecule has 1 aromatic heterocycles. The number of pyridine rings is 1. The molecular formula is C14H19ClN2O. The third-order valence-electron chi connectivity index (χ3n) is 3.44. The molecule has 0 radical (unpaired) electrons. The van der Waals surface area contributed by atoms with Gasteiger partial charge in [0.15, 0.2) is 0 Å². The number of rotatable bonds is 4. The van der Waals surface area contributed by atoms with E-state index in [2.05, 4.69) is 9.88 Å². The van der Waals surface area contributed by atoms with Crippen LogP contribution in [0.15, 0.2) is 18.3 Å². The molecule has 0 spiro atoms. The van der Waals surface area contributed by atoms with Gasteiger partial charge in [0.05, 0.1) is 0 Å². The molecular weight excluding hydrogens is 248 g/mol. The number of nitrogens with zero attached hydrogens (tertiary/aromatic N) is 2. The van der Waals surface area contributed by atoms with E-state index >= 15 is 0 Å². The second-order valence-corrected chi connectivity index (χ2v) is 5.17. The maximum Gasteiger partial charge on any atom is 0.270 e. The number of hydrogen-bond donors (Lipinski definition) is 0. The van der Waals surface area contributed by atoms with Crippen LogP contribution in [-0.4, -0.2) is 34.8 Å². The van der Waals surface area contributed by atoms with Crippen molar-refractivity contribution in [3.8, 4) is 0 Å². The molecule has 2 rings (SSSR count). The van der Waals surface area contributed by atoms with Crippen molar-refractivity contribution in [3.63, 3.8) is 0 Å². The Labute approximate surface area is 113 Å². The van der Waals surface area contributed by atoms with Crippen LogP contribution in [-0.2, 0) is 6.42 Å².